The van der Waals surface area contributed by atoms with E-state index in [0.717, 1.165) is 25.3 Å². The molecule has 4 rings (SSSR count). The number of ether oxygens (including phenoxy) is 1. The lowest BCUT2D eigenvalue weighted by molar-refractivity contribution is -0.118. The Bertz CT molecular complexity index is 1240. The van der Waals surface area contributed by atoms with Gasteiger partial charge >= 0.3 is 0 Å². The third-order valence-corrected chi connectivity index (χ3v) is 6.83. The van der Waals surface area contributed by atoms with Crippen molar-refractivity contribution in [3.8, 4) is 5.75 Å². The van der Waals surface area contributed by atoms with Crippen molar-refractivity contribution in [1.29, 1.82) is 0 Å². The van der Waals surface area contributed by atoms with Gasteiger partial charge in [-0.3, -0.25) is 9.59 Å². The zero-order valence-electron chi connectivity index (χ0n) is 17.6. The van der Waals surface area contributed by atoms with E-state index in [1.165, 1.54) is 0 Å². The summed E-state index contributed by atoms with van der Waals surface area (Å²) in [5.41, 5.74) is 2.22. The number of anilines is 1. The van der Waals surface area contributed by atoms with E-state index in [2.05, 4.69) is 10.3 Å². The quantitative estimate of drug-likeness (QED) is 0.411. The molecule has 2 amide bonds. The van der Waals surface area contributed by atoms with Crippen molar-refractivity contribution in [1.82, 2.24) is 9.88 Å². The largest absolute Gasteiger partial charge is 0.483 e. The number of amides is 2. The second-order valence-corrected chi connectivity index (χ2v) is 9.16. The van der Waals surface area contributed by atoms with Crippen LogP contribution >= 0.6 is 22.7 Å². The summed E-state index contributed by atoms with van der Waals surface area (Å²) in [6.07, 6.45) is 0. The van der Waals surface area contributed by atoms with Crippen LogP contribution in [0.2, 0.25) is 0 Å². The lowest BCUT2D eigenvalue weighted by Gasteiger charge is -2.18. The van der Waals surface area contributed by atoms with Gasteiger partial charge in [-0.2, -0.15) is 0 Å². The molecular formula is C23H23N3O3S2. The van der Waals surface area contributed by atoms with Gasteiger partial charge < -0.3 is 15.0 Å². The number of nitrogens with one attached hydrogen (secondary N) is 1. The summed E-state index contributed by atoms with van der Waals surface area (Å²) >= 11 is 3.24. The van der Waals surface area contributed by atoms with Crippen LogP contribution in [0.3, 0.4) is 0 Å². The Kier molecular flexibility index (Phi) is 6.20. The Labute approximate surface area is 188 Å². The highest BCUT2D eigenvalue weighted by atomic mass is 32.1. The van der Waals surface area contributed by atoms with Gasteiger partial charge in [0, 0.05) is 35.8 Å². The van der Waals surface area contributed by atoms with Crippen molar-refractivity contribution in [2.75, 3.05) is 25.0 Å². The van der Waals surface area contributed by atoms with Crippen LogP contribution in [0, 0.1) is 6.92 Å². The Morgan fingerprint density at radius 3 is 2.58 bits per heavy atom. The van der Waals surface area contributed by atoms with E-state index in [4.69, 9.17) is 4.74 Å². The zero-order chi connectivity index (χ0) is 22.0. The van der Waals surface area contributed by atoms with E-state index in [1.54, 1.807) is 51.8 Å². The second-order valence-electron chi connectivity index (χ2n) is 7.01. The molecule has 0 bridgehead atoms. The van der Waals surface area contributed by atoms with Gasteiger partial charge in [0.05, 0.1) is 19.9 Å². The Morgan fingerprint density at radius 2 is 1.87 bits per heavy atom. The molecular weight excluding hydrogens is 430 g/mol. The molecule has 0 aliphatic rings. The maximum Gasteiger partial charge on any atom is 0.262 e. The number of carbonyl (C=O) groups is 2. The van der Waals surface area contributed by atoms with Crippen LogP contribution in [-0.4, -0.2) is 41.4 Å². The minimum absolute atomic E-state index is 0.0142. The highest BCUT2D eigenvalue weighted by Gasteiger charge is 2.15. The fourth-order valence-electron chi connectivity index (χ4n) is 3.44. The van der Waals surface area contributed by atoms with Crippen molar-refractivity contribution >= 4 is 60.5 Å². The fraction of sp³-hybridized carbons (Fsp3) is 0.261. The Morgan fingerprint density at radius 1 is 1.13 bits per heavy atom. The van der Waals surface area contributed by atoms with Gasteiger partial charge in [-0.15, -0.1) is 22.7 Å². The summed E-state index contributed by atoms with van der Waals surface area (Å²) in [4.78, 5) is 31.2. The lowest BCUT2D eigenvalue weighted by atomic mass is 10.2. The molecule has 2 aromatic carbocycles. The van der Waals surface area contributed by atoms with Gasteiger partial charge in [0.25, 0.3) is 11.8 Å². The molecule has 6 nitrogen and oxygen atoms in total. The summed E-state index contributed by atoms with van der Waals surface area (Å²) in [6.45, 7) is 7.11. The van der Waals surface area contributed by atoms with Gasteiger partial charge in [-0.25, -0.2) is 4.98 Å². The van der Waals surface area contributed by atoms with Crippen molar-refractivity contribution in [3.05, 3.63) is 52.3 Å². The summed E-state index contributed by atoms with van der Waals surface area (Å²) in [7, 11) is 0. The number of thiazole rings is 1. The molecule has 0 fully saturated rings. The summed E-state index contributed by atoms with van der Waals surface area (Å²) < 4.78 is 7.99. The van der Waals surface area contributed by atoms with Gasteiger partial charge in [0.15, 0.2) is 6.61 Å². The van der Waals surface area contributed by atoms with Crippen LogP contribution < -0.4 is 10.1 Å². The number of aromatic nitrogens is 1. The molecule has 160 valence electrons. The van der Waals surface area contributed by atoms with Crippen molar-refractivity contribution in [2.24, 2.45) is 0 Å². The standard InChI is InChI=1S/C23H23N3O3S2/c1-4-26(5-2)23(28)15-6-8-16(9-7-15)25-20(27)13-29-18-12-19-21(24-14(3)31-19)22-17(18)10-11-30-22/h6-12H,4-5,13H2,1-3H3,(H,25,27). The predicted molar refractivity (Wildman–Crippen MR) is 128 cm³/mol. The highest BCUT2D eigenvalue weighted by molar-refractivity contribution is 7.21. The molecule has 2 heterocycles. The van der Waals surface area contributed by atoms with E-state index < -0.39 is 0 Å². The first kappa shape index (κ1) is 21.3. The minimum Gasteiger partial charge on any atom is -0.483 e. The third-order valence-electron chi connectivity index (χ3n) is 4.99. The predicted octanol–water partition coefficient (Wildman–Crippen LogP) is 5.32. The molecule has 0 saturated heterocycles. The molecule has 0 spiro atoms. The summed E-state index contributed by atoms with van der Waals surface area (Å²) in [5.74, 6) is 0.411. The van der Waals surface area contributed by atoms with E-state index in [0.29, 0.717) is 30.1 Å². The number of hydrogen-bond donors (Lipinski definition) is 1. The van der Waals surface area contributed by atoms with Crippen molar-refractivity contribution < 1.29 is 14.3 Å². The van der Waals surface area contributed by atoms with Gasteiger partial charge in [0.2, 0.25) is 0 Å². The molecule has 0 aliphatic heterocycles. The Hall–Kier alpha value is -2.97. The molecule has 0 aliphatic carbocycles. The van der Waals surface area contributed by atoms with Crippen LogP contribution in [0.1, 0.15) is 29.2 Å². The summed E-state index contributed by atoms with van der Waals surface area (Å²) in [6, 6.07) is 10.9. The van der Waals surface area contributed by atoms with E-state index in [9.17, 15) is 9.59 Å². The molecule has 0 radical (unpaired) electrons. The first-order valence-electron chi connectivity index (χ1n) is 10.1. The SMILES string of the molecule is CCN(CC)C(=O)c1ccc(NC(=O)COc2cc3sc(C)nc3c3sccc23)cc1. The number of hydrogen-bond acceptors (Lipinski definition) is 6. The number of aryl methyl sites for hydroxylation is 1. The Balaban J connectivity index is 1.42. The van der Waals surface area contributed by atoms with E-state index in [-0.39, 0.29) is 18.4 Å². The topological polar surface area (TPSA) is 71.5 Å². The monoisotopic (exact) mass is 453 g/mol. The van der Waals surface area contributed by atoms with Crippen LogP contribution in [0.5, 0.6) is 5.75 Å². The highest BCUT2D eigenvalue weighted by Crippen LogP contribution is 2.38. The van der Waals surface area contributed by atoms with Crippen molar-refractivity contribution in [2.45, 2.75) is 20.8 Å². The lowest BCUT2D eigenvalue weighted by Crippen LogP contribution is -2.30. The van der Waals surface area contributed by atoms with Gasteiger partial charge in [-0.1, -0.05) is 0 Å². The number of rotatable bonds is 7. The second kappa shape index (κ2) is 9.03. The molecule has 8 heteroatoms. The summed E-state index contributed by atoms with van der Waals surface area (Å²) in [5, 5.41) is 6.80. The van der Waals surface area contributed by atoms with Crippen LogP contribution in [0.4, 0.5) is 5.69 Å². The number of benzene rings is 2. The maximum absolute atomic E-state index is 12.4. The number of fused-ring (bicyclic) bond motifs is 3. The number of thiophene rings is 1. The molecule has 0 atom stereocenters. The van der Waals surface area contributed by atoms with Gasteiger partial charge in [0.1, 0.15) is 5.75 Å². The first-order valence-corrected chi connectivity index (χ1v) is 11.8. The van der Waals surface area contributed by atoms with Crippen LogP contribution in [0.15, 0.2) is 41.8 Å². The third kappa shape index (κ3) is 4.40. The van der Waals surface area contributed by atoms with E-state index >= 15 is 0 Å². The number of nitrogens with zero attached hydrogens (tertiary/aromatic N) is 2. The first-order chi connectivity index (χ1) is 15.0. The van der Waals surface area contributed by atoms with Crippen molar-refractivity contribution in [3.63, 3.8) is 0 Å². The van der Waals surface area contributed by atoms with E-state index in [1.807, 2.05) is 38.3 Å². The van der Waals surface area contributed by atoms with Crippen LogP contribution in [0.25, 0.3) is 20.3 Å². The molecule has 2 aromatic heterocycles. The molecule has 0 unspecified atom stereocenters. The average molecular weight is 454 g/mol. The molecule has 31 heavy (non-hydrogen) atoms. The molecule has 4 aromatic rings. The fourth-order valence-corrected chi connectivity index (χ4v) is 5.27. The zero-order valence-corrected chi connectivity index (χ0v) is 19.2. The van der Waals surface area contributed by atoms with Gasteiger partial charge in [-0.05, 0) is 56.5 Å². The normalized spacial score (nSPS) is 11.1. The maximum atomic E-state index is 12.4. The molecule has 1 N–H and O–H groups in total. The average Bonchev–Trinajstić information content (AvgIpc) is 3.39. The smallest absolute Gasteiger partial charge is 0.262 e. The van der Waals surface area contributed by atoms with Crippen LogP contribution in [-0.2, 0) is 4.79 Å². The minimum atomic E-state index is -0.258. The molecule has 0 saturated carbocycles. The number of carbonyl (C=O) groups excluding carboxylic acids is 2.